The Morgan fingerprint density at radius 3 is 2.15 bits per heavy atom. The zero-order valence-corrected chi connectivity index (χ0v) is 21.3. The van der Waals surface area contributed by atoms with Crippen LogP contribution in [0.1, 0.15) is 23.2 Å². The average Bonchev–Trinajstić information content (AvgIpc) is 3.04. The third-order valence-corrected chi connectivity index (χ3v) is 7.71. The van der Waals surface area contributed by atoms with Crippen molar-refractivity contribution in [1.82, 2.24) is 0 Å². The number of carbonyl (C=O) groups is 4. The van der Waals surface area contributed by atoms with E-state index in [0.717, 1.165) is 9.37 Å². The Kier molecular flexibility index (Phi) is 7.52. The molecule has 34 heavy (non-hydrogen) atoms. The highest BCUT2D eigenvalue weighted by molar-refractivity contribution is 9.10. The second kappa shape index (κ2) is 10.2. The topological polar surface area (TPSA) is 92.8 Å². The van der Waals surface area contributed by atoms with Crippen molar-refractivity contribution in [1.29, 1.82) is 0 Å². The van der Waals surface area contributed by atoms with Gasteiger partial charge in [-0.05, 0) is 55.3 Å². The average molecular weight is 589 g/mol. The third kappa shape index (κ3) is 5.10. The highest BCUT2D eigenvalue weighted by Gasteiger charge is 2.52. The van der Waals surface area contributed by atoms with Gasteiger partial charge in [0, 0.05) is 4.47 Å². The normalized spacial score (nSPS) is 24.1. The lowest BCUT2D eigenvalue weighted by atomic mass is 9.80. The molecule has 7 nitrogen and oxygen atoms in total. The van der Waals surface area contributed by atoms with Gasteiger partial charge in [0.25, 0.3) is 5.91 Å². The van der Waals surface area contributed by atoms with E-state index in [1.165, 1.54) is 24.3 Å². The van der Waals surface area contributed by atoms with Crippen molar-refractivity contribution in [3.63, 3.8) is 0 Å². The fraction of sp³-hybridized carbons (Fsp3) is 0.304. The minimum atomic E-state index is -0.730. The summed E-state index contributed by atoms with van der Waals surface area (Å²) in [6.45, 7) is -0.515. The number of ether oxygens (including phenoxy) is 1. The molecule has 11 heteroatoms. The molecule has 1 N–H and O–H groups in total. The van der Waals surface area contributed by atoms with Crippen LogP contribution in [0.4, 0.5) is 11.4 Å². The van der Waals surface area contributed by atoms with E-state index >= 15 is 0 Å². The number of anilines is 2. The van der Waals surface area contributed by atoms with E-state index in [2.05, 4.69) is 21.2 Å². The smallest absolute Gasteiger partial charge is 0.338 e. The van der Waals surface area contributed by atoms with Crippen molar-refractivity contribution in [3.8, 4) is 0 Å². The molecular formula is C23H18BrCl3N2O5. The minimum Gasteiger partial charge on any atom is -0.452 e. The van der Waals surface area contributed by atoms with Crippen LogP contribution < -0.4 is 10.2 Å². The predicted octanol–water partition coefficient (Wildman–Crippen LogP) is 5.01. The largest absolute Gasteiger partial charge is 0.452 e. The first kappa shape index (κ1) is 25.0. The van der Waals surface area contributed by atoms with Gasteiger partial charge in [-0.1, -0.05) is 27.5 Å². The van der Waals surface area contributed by atoms with Gasteiger partial charge in [-0.2, -0.15) is 0 Å². The molecular weight excluding hydrogens is 571 g/mol. The number of amides is 3. The lowest BCUT2D eigenvalue weighted by molar-refractivity contribution is -0.122. The van der Waals surface area contributed by atoms with Gasteiger partial charge in [-0.25, -0.2) is 4.79 Å². The zero-order valence-electron chi connectivity index (χ0n) is 17.5. The SMILES string of the molecule is O=C(COC(=O)c1ccc(N2C(=O)[C@H]3C[C@H](Cl)[C@@H](Cl)C[C@H]3C2=O)cc1)Nc1ccc(Br)cc1Cl. The van der Waals surface area contributed by atoms with Crippen LogP contribution in [0.5, 0.6) is 0 Å². The Morgan fingerprint density at radius 2 is 1.59 bits per heavy atom. The molecule has 1 saturated heterocycles. The molecule has 0 bridgehead atoms. The van der Waals surface area contributed by atoms with Crippen molar-refractivity contribution in [2.24, 2.45) is 11.8 Å². The molecule has 2 aromatic rings. The van der Waals surface area contributed by atoms with Gasteiger partial charge in [-0.3, -0.25) is 19.3 Å². The Hall–Kier alpha value is -2.13. The van der Waals surface area contributed by atoms with E-state index < -0.39 is 30.3 Å². The van der Waals surface area contributed by atoms with E-state index in [9.17, 15) is 19.2 Å². The van der Waals surface area contributed by atoms with Gasteiger partial charge in [-0.15, -0.1) is 23.2 Å². The number of rotatable bonds is 5. The second-order valence-electron chi connectivity index (χ2n) is 8.02. The summed E-state index contributed by atoms with van der Waals surface area (Å²) in [6, 6.07) is 10.8. The number of nitrogens with zero attached hydrogens (tertiary/aromatic N) is 1. The number of alkyl halides is 2. The summed E-state index contributed by atoms with van der Waals surface area (Å²) in [5.41, 5.74) is 0.897. The molecule has 2 aromatic carbocycles. The fourth-order valence-electron chi connectivity index (χ4n) is 4.09. The number of hydrogen-bond donors (Lipinski definition) is 1. The lowest BCUT2D eigenvalue weighted by Crippen LogP contribution is -2.34. The molecule has 1 aliphatic heterocycles. The first-order valence-corrected chi connectivity index (χ1v) is 12.4. The highest BCUT2D eigenvalue weighted by Crippen LogP contribution is 2.43. The number of carbonyl (C=O) groups excluding carboxylic acids is 4. The molecule has 1 saturated carbocycles. The maximum absolute atomic E-state index is 12.8. The van der Waals surface area contributed by atoms with Crippen LogP contribution in [0.25, 0.3) is 0 Å². The summed E-state index contributed by atoms with van der Waals surface area (Å²) < 4.78 is 5.81. The minimum absolute atomic E-state index is 0.163. The Labute approximate surface area is 218 Å². The number of hydrogen-bond acceptors (Lipinski definition) is 5. The van der Waals surface area contributed by atoms with Gasteiger partial charge >= 0.3 is 5.97 Å². The first-order chi connectivity index (χ1) is 16.2. The summed E-state index contributed by atoms with van der Waals surface area (Å²) in [7, 11) is 0. The Balaban J connectivity index is 1.37. The highest BCUT2D eigenvalue weighted by atomic mass is 79.9. The molecule has 178 valence electrons. The van der Waals surface area contributed by atoms with Crippen LogP contribution in [0.2, 0.25) is 5.02 Å². The molecule has 4 atom stereocenters. The van der Waals surface area contributed by atoms with Crippen molar-refractivity contribution >= 4 is 85.8 Å². The Bertz CT molecular complexity index is 1130. The third-order valence-electron chi connectivity index (χ3n) is 5.81. The van der Waals surface area contributed by atoms with E-state index in [-0.39, 0.29) is 28.1 Å². The van der Waals surface area contributed by atoms with E-state index in [0.29, 0.717) is 29.2 Å². The van der Waals surface area contributed by atoms with Crippen LogP contribution in [0, 0.1) is 11.8 Å². The van der Waals surface area contributed by atoms with Gasteiger partial charge in [0.1, 0.15) is 0 Å². The summed E-state index contributed by atoms with van der Waals surface area (Å²) in [4.78, 5) is 51.3. The number of benzene rings is 2. The molecule has 3 amide bonds. The molecule has 0 unspecified atom stereocenters. The summed E-state index contributed by atoms with van der Waals surface area (Å²) >= 11 is 21.7. The molecule has 2 fully saturated rings. The molecule has 1 heterocycles. The van der Waals surface area contributed by atoms with Gasteiger partial charge in [0.05, 0.1) is 44.6 Å². The van der Waals surface area contributed by atoms with Crippen LogP contribution in [0.3, 0.4) is 0 Å². The molecule has 0 aromatic heterocycles. The van der Waals surface area contributed by atoms with Gasteiger partial charge in [0.2, 0.25) is 11.8 Å². The first-order valence-electron chi connectivity index (χ1n) is 10.3. The van der Waals surface area contributed by atoms with Crippen molar-refractivity contribution in [2.75, 3.05) is 16.8 Å². The molecule has 0 spiro atoms. The van der Waals surface area contributed by atoms with Gasteiger partial charge in [0.15, 0.2) is 6.61 Å². The van der Waals surface area contributed by atoms with Crippen molar-refractivity contribution in [2.45, 2.75) is 23.6 Å². The summed E-state index contributed by atoms with van der Waals surface area (Å²) in [6.07, 6.45) is 0.693. The van der Waals surface area contributed by atoms with E-state index in [4.69, 9.17) is 39.5 Å². The van der Waals surface area contributed by atoms with Crippen LogP contribution >= 0.6 is 50.7 Å². The molecule has 0 radical (unpaired) electrons. The van der Waals surface area contributed by atoms with Gasteiger partial charge < -0.3 is 10.1 Å². The molecule has 2 aliphatic rings. The Morgan fingerprint density at radius 1 is 1.00 bits per heavy atom. The number of esters is 1. The molecule has 4 rings (SSSR count). The van der Waals surface area contributed by atoms with Crippen LogP contribution in [-0.2, 0) is 19.1 Å². The van der Waals surface area contributed by atoms with Crippen molar-refractivity contribution < 1.29 is 23.9 Å². The number of imide groups is 1. The van der Waals surface area contributed by atoms with E-state index in [1.54, 1.807) is 18.2 Å². The van der Waals surface area contributed by atoms with Crippen LogP contribution in [0.15, 0.2) is 46.9 Å². The summed E-state index contributed by atoms with van der Waals surface area (Å²) in [5, 5.41) is 2.16. The maximum Gasteiger partial charge on any atom is 0.338 e. The maximum atomic E-state index is 12.8. The zero-order chi connectivity index (χ0) is 24.6. The number of fused-ring (bicyclic) bond motifs is 1. The standard InChI is InChI=1S/C23H18BrCl3N2O5/c24-12-3-6-19(18(27)7-12)28-20(30)10-34-23(33)11-1-4-13(5-2-11)29-21(31)14-8-16(25)17(26)9-15(14)22(29)32/h1-7,14-17H,8-10H2,(H,28,30)/t14-,15+,16-,17-/m0/s1. The number of halogens is 4. The fourth-order valence-corrected chi connectivity index (χ4v) is 5.40. The summed E-state index contributed by atoms with van der Waals surface area (Å²) in [5.74, 6) is -2.91. The lowest BCUT2D eigenvalue weighted by Gasteiger charge is -2.28. The predicted molar refractivity (Wildman–Crippen MR) is 132 cm³/mol. The van der Waals surface area contributed by atoms with E-state index in [1.807, 2.05) is 0 Å². The number of nitrogens with one attached hydrogen (secondary N) is 1. The second-order valence-corrected chi connectivity index (χ2v) is 10.5. The monoisotopic (exact) mass is 586 g/mol. The van der Waals surface area contributed by atoms with Crippen molar-refractivity contribution in [3.05, 3.63) is 57.5 Å². The molecule has 1 aliphatic carbocycles. The quantitative estimate of drug-likeness (QED) is 0.301. The van der Waals surface area contributed by atoms with Crippen LogP contribution in [-0.4, -0.2) is 41.1 Å².